The molecule has 0 aliphatic carbocycles. The fourth-order valence-corrected chi connectivity index (χ4v) is 2.24. The summed E-state index contributed by atoms with van der Waals surface area (Å²) >= 11 is 11.7. The molecule has 0 bridgehead atoms. The van der Waals surface area contributed by atoms with Crippen LogP contribution in [0.4, 0.5) is 5.69 Å². The van der Waals surface area contributed by atoms with Crippen LogP contribution in [0.2, 0.25) is 10.0 Å². The first-order valence-corrected chi connectivity index (χ1v) is 6.16. The molecule has 1 aromatic heterocycles. The highest BCUT2D eigenvalue weighted by Crippen LogP contribution is 2.35. The van der Waals surface area contributed by atoms with Crippen LogP contribution in [0.15, 0.2) is 24.5 Å². The Morgan fingerprint density at radius 3 is 2.44 bits per heavy atom. The zero-order valence-corrected chi connectivity index (χ0v) is 11.5. The molecule has 0 fully saturated rings. The van der Waals surface area contributed by atoms with Gasteiger partial charge in [-0.15, -0.1) is 0 Å². The third-order valence-electron chi connectivity index (χ3n) is 2.65. The van der Waals surface area contributed by atoms with Gasteiger partial charge in [0.15, 0.2) is 5.75 Å². The van der Waals surface area contributed by atoms with Crippen LogP contribution in [0.1, 0.15) is 18.8 Å². The van der Waals surface area contributed by atoms with Crippen LogP contribution in [0.25, 0.3) is 0 Å². The lowest BCUT2D eigenvalue weighted by Crippen LogP contribution is -2.11. The molecule has 1 aromatic carbocycles. The van der Waals surface area contributed by atoms with Gasteiger partial charge in [-0.05, 0) is 19.1 Å². The van der Waals surface area contributed by atoms with E-state index >= 15 is 0 Å². The zero-order valence-electron chi connectivity index (χ0n) is 9.98. The van der Waals surface area contributed by atoms with E-state index in [1.54, 1.807) is 18.3 Å². The molecule has 96 valence electrons. The maximum Gasteiger partial charge on any atom is 0.152 e. The topological polar surface area (TPSA) is 50.1 Å². The third-order valence-corrected chi connectivity index (χ3v) is 3.22. The molecule has 18 heavy (non-hydrogen) atoms. The zero-order chi connectivity index (χ0) is 13.3. The molecular formula is C12H13Cl2N3O. The van der Waals surface area contributed by atoms with Crippen LogP contribution in [-0.2, 0) is 7.05 Å². The summed E-state index contributed by atoms with van der Waals surface area (Å²) in [7, 11) is 1.93. The van der Waals surface area contributed by atoms with Gasteiger partial charge in [0.1, 0.15) is 5.82 Å². The largest absolute Gasteiger partial charge is 0.505 e. The minimum atomic E-state index is -0.103. The highest BCUT2D eigenvalue weighted by Gasteiger charge is 2.12. The first kappa shape index (κ1) is 13.1. The molecule has 0 saturated heterocycles. The number of benzene rings is 1. The average Bonchev–Trinajstić information content (AvgIpc) is 2.72. The van der Waals surface area contributed by atoms with E-state index in [0.717, 1.165) is 11.5 Å². The number of phenols is 1. The summed E-state index contributed by atoms with van der Waals surface area (Å²) < 4.78 is 1.93. The van der Waals surface area contributed by atoms with E-state index in [1.807, 2.05) is 24.7 Å². The number of hydrogen-bond acceptors (Lipinski definition) is 3. The normalized spacial score (nSPS) is 12.4. The third kappa shape index (κ3) is 2.54. The van der Waals surface area contributed by atoms with Gasteiger partial charge in [-0.25, -0.2) is 4.98 Å². The molecule has 0 aliphatic rings. The summed E-state index contributed by atoms with van der Waals surface area (Å²) in [6.45, 7) is 1.98. The second-order valence-electron chi connectivity index (χ2n) is 4.05. The lowest BCUT2D eigenvalue weighted by atomic mass is 10.2. The number of aryl methyl sites for hydroxylation is 1. The minimum Gasteiger partial charge on any atom is -0.505 e. The van der Waals surface area contributed by atoms with Crippen molar-refractivity contribution in [2.24, 2.45) is 7.05 Å². The fraction of sp³-hybridized carbons (Fsp3) is 0.250. The summed E-state index contributed by atoms with van der Waals surface area (Å²) in [6, 6.07) is 3.26. The molecule has 2 rings (SSSR count). The van der Waals surface area contributed by atoms with Crippen molar-refractivity contribution in [3.8, 4) is 5.75 Å². The Labute approximate surface area is 115 Å². The lowest BCUT2D eigenvalue weighted by Gasteiger charge is -2.16. The molecule has 0 saturated carbocycles. The van der Waals surface area contributed by atoms with Gasteiger partial charge in [0, 0.05) is 25.1 Å². The highest BCUT2D eigenvalue weighted by molar-refractivity contribution is 6.37. The Hall–Kier alpha value is -1.39. The molecular weight excluding hydrogens is 273 g/mol. The van der Waals surface area contributed by atoms with Gasteiger partial charge in [-0.2, -0.15) is 0 Å². The van der Waals surface area contributed by atoms with Crippen LogP contribution >= 0.6 is 23.2 Å². The van der Waals surface area contributed by atoms with Crippen molar-refractivity contribution in [1.82, 2.24) is 9.55 Å². The molecule has 1 heterocycles. The summed E-state index contributed by atoms with van der Waals surface area (Å²) in [5, 5.41) is 13.2. The van der Waals surface area contributed by atoms with E-state index in [4.69, 9.17) is 23.2 Å². The predicted molar refractivity (Wildman–Crippen MR) is 73.4 cm³/mol. The number of hydrogen-bond donors (Lipinski definition) is 2. The van der Waals surface area contributed by atoms with Gasteiger partial charge in [-0.3, -0.25) is 0 Å². The summed E-state index contributed by atoms with van der Waals surface area (Å²) in [6.07, 6.45) is 3.62. The van der Waals surface area contributed by atoms with Gasteiger partial charge in [0.2, 0.25) is 0 Å². The molecule has 0 amide bonds. The number of aromatic nitrogens is 2. The molecule has 1 unspecified atom stereocenters. The smallest absolute Gasteiger partial charge is 0.152 e. The number of nitrogens with one attached hydrogen (secondary N) is 1. The van der Waals surface area contributed by atoms with Crippen molar-refractivity contribution in [3.05, 3.63) is 40.4 Å². The summed E-state index contributed by atoms with van der Waals surface area (Å²) in [5.74, 6) is 0.795. The Balaban J connectivity index is 2.22. The Morgan fingerprint density at radius 2 is 1.94 bits per heavy atom. The minimum absolute atomic E-state index is 0.00155. The molecule has 4 nitrogen and oxygen atoms in total. The molecule has 0 spiro atoms. The number of nitrogens with zero attached hydrogens (tertiary/aromatic N) is 2. The van der Waals surface area contributed by atoms with Crippen LogP contribution in [0, 0.1) is 0 Å². The maximum absolute atomic E-state index is 9.48. The van der Waals surface area contributed by atoms with Gasteiger partial charge in [0.25, 0.3) is 0 Å². The number of imidazole rings is 1. The van der Waals surface area contributed by atoms with E-state index < -0.39 is 0 Å². The highest BCUT2D eigenvalue weighted by atomic mass is 35.5. The Kier molecular flexibility index (Phi) is 3.68. The van der Waals surface area contributed by atoms with Gasteiger partial charge >= 0.3 is 0 Å². The van der Waals surface area contributed by atoms with E-state index in [1.165, 1.54) is 0 Å². The molecule has 2 N–H and O–H groups in total. The second kappa shape index (κ2) is 5.08. The molecule has 2 aromatic rings. The standard InChI is InChI=1S/C12H13Cl2N3O/c1-7(12-15-3-4-17(12)2)16-8-5-9(13)11(18)10(14)6-8/h3-7,16,18H,1-2H3. The average molecular weight is 286 g/mol. The number of rotatable bonds is 3. The summed E-state index contributed by atoms with van der Waals surface area (Å²) in [4.78, 5) is 4.26. The van der Waals surface area contributed by atoms with Crippen molar-refractivity contribution in [2.75, 3.05) is 5.32 Å². The van der Waals surface area contributed by atoms with Crippen molar-refractivity contribution >= 4 is 28.9 Å². The van der Waals surface area contributed by atoms with Crippen LogP contribution in [0.3, 0.4) is 0 Å². The van der Waals surface area contributed by atoms with E-state index in [-0.39, 0.29) is 21.8 Å². The van der Waals surface area contributed by atoms with E-state index in [2.05, 4.69) is 10.3 Å². The van der Waals surface area contributed by atoms with Crippen molar-refractivity contribution in [2.45, 2.75) is 13.0 Å². The van der Waals surface area contributed by atoms with Crippen molar-refractivity contribution < 1.29 is 5.11 Å². The Morgan fingerprint density at radius 1 is 1.33 bits per heavy atom. The molecule has 1 atom stereocenters. The van der Waals surface area contributed by atoms with Gasteiger partial charge < -0.3 is 15.0 Å². The van der Waals surface area contributed by atoms with Crippen molar-refractivity contribution in [3.63, 3.8) is 0 Å². The monoisotopic (exact) mass is 285 g/mol. The van der Waals surface area contributed by atoms with Crippen LogP contribution in [-0.4, -0.2) is 14.7 Å². The first-order valence-electron chi connectivity index (χ1n) is 5.41. The van der Waals surface area contributed by atoms with Gasteiger partial charge in [-0.1, -0.05) is 23.2 Å². The Bertz CT molecular complexity index is 545. The number of phenolic OH excluding ortho intramolecular Hbond substituents is 1. The van der Waals surface area contributed by atoms with Gasteiger partial charge in [0.05, 0.1) is 16.1 Å². The van der Waals surface area contributed by atoms with Crippen LogP contribution in [0.5, 0.6) is 5.75 Å². The number of aromatic hydroxyl groups is 1. The predicted octanol–water partition coefficient (Wildman–Crippen LogP) is 3.61. The number of halogens is 2. The lowest BCUT2D eigenvalue weighted by molar-refractivity contribution is 0.476. The molecule has 6 heteroatoms. The quantitative estimate of drug-likeness (QED) is 0.847. The fourth-order valence-electron chi connectivity index (χ4n) is 1.76. The van der Waals surface area contributed by atoms with Crippen LogP contribution < -0.4 is 5.32 Å². The van der Waals surface area contributed by atoms with E-state index in [9.17, 15) is 5.11 Å². The number of anilines is 1. The van der Waals surface area contributed by atoms with E-state index in [0.29, 0.717) is 0 Å². The summed E-state index contributed by atoms with van der Waals surface area (Å²) in [5.41, 5.74) is 0.735. The van der Waals surface area contributed by atoms with Crippen molar-refractivity contribution in [1.29, 1.82) is 0 Å². The molecule has 0 radical (unpaired) electrons. The molecule has 0 aliphatic heterocycles. The maximum atomic E-state index is 9.48. The first-order chi connectivity index (χ1) is 8.49. The SMILES string of the molecule is CC(Nc1cc(Cl)c(O)c(Cl)c1)c1nccn1C. The second-order valence-corrected chi connectivity index (χ2v) is 4.87.